The molecule has 0 radical (unpaired) electrons. The Morgan fingerprint density at radius 2 is 1.71 bits per heavy atom. The van der Waals surface area contributed by atoms with Crippen molar-refractivity contribution in [2.75, 3.05) is 0 Å². The fraction of sp³-hybridized carbons (Fsp3) is 0.870. The van der Waals surface area contributed by atoms with E-state index >= 15 is 0 Å². The molecule has 4 aliphatic carbocycles. The Labute approximate surface area is 148 Å². The van der Waals surface area contributed by atoms with Crippen molar-refractivity contribution in [3.63, 3.8) is 0 Å². The molecular formula is C23H34O. The lowest BCUT2D eigenvalue weighted by atomic mass is 9.43. The van der Waals surface area contributed by atoms with Gasteiger partial charge in [0.25, 0.3) is 0 Å². The number of carbonyl (C=O) groups is 1. The van der Waals surface area contributed by atoms with Crippen LogP contribution in [0.15, 0.2) is 0 Å². The zero-order chi connectivity index (χ0) is 17.2. The molecule has 0 aliphatic heterocycles. The predicted octanol–water partition coefficient (Wildman–Crippen LogP) is 5.63. The standard InChI is InChI=1S/C23H34O/c1-5-11-21(2)12-9-20-18-7-6-16-15-17(24)8-13-22(16,3)19(18)10-14-23(20,21)4/h16,18-20H,6-10,12-15H2,1-4H3/t16?,18?,19-,20-,21-,22-,23-/m0/s1. The second kappa shape index (κ2) is 5.36. The topological polar surface area (TPSA) is 17.1 Å². The molecule has 0 aromatic heterocycles. The van der Waals surface area contributed by atoms with E-state index in [-0.39, 0.29) is 5.41 Å². The van der Waals surface area contributed by atoms with Gasteiger partial charge in [0, 0.05) is 18.3 Å². The van der Waals surface area contributed by atoms with Gasteiger partial charge in [-0.25, -0.2) is 0 Å². The van der Waals surface area contributed by atoms with Crippen LogP contribution in [0.3, 0.4) is 0 Å². The lowest BCUT2D eigenvalue weighted by molar-refractivity contribution is -0.140. The van der Waals surface area contributed by atoms with Gasteiger partial charge in [-0.15, -0.1) is 5.92 Å². The SMILES string of the molecule is CC#C[C@@]1(C)CC[C@H]2C3CCC4CC(=O)CC[C@]4(C)[C@H]3CC[C@@]21C. The van der Waals surface area contributed by atoms with E-state index in [0.29, 0.717) is 22.5 Å². The minimum atomic E-state index is 0.220. The number of fused-ring (bicyclic) bond motifs is 5. The Morgan fingerprint density at radius 1 is 0.958 bits per heavy atom. The molecule has 4 fully saturated rings. The van der Waals surface area contributed by atoms with E-state index < -0.39 is 0 Å². The van der Waals surface area contributed by atoms with Crippen molar-refractivity contribution in [1.82, 2.24) is 0 Å². The van der Waals surface area contributed by atoms with Crippen molar-refractivity contribution in [3.05, 3.63) is 0 Å². The Bertz CT molecular complexity index is 609. The number of ketones is 1. The summed E-state index contributed by atoms with van der Waals surface area (Å²) < 4.78 is 0. The summed E-state index contributed by atoms with van der Waals surface area (Å²) in [5.41, 5.74) is 1.07. The average molecular weight is 327 g/mol. The largest absolute Gasteiger partial charge is 0.300 e. The second-order valence-corrected chi connectivity index (χ2v) is 10.1. The van der Waals surface area contributed by atoms with Crippen molar-refractivity contribution in [3.8, 4) is 11.8 Å². The zero-order valence-corrected chi connectivity index (χ0v) is 16.1. The second-order valence-electron chi connectivity index (χ2n) is 10.1. The maximum Gasteiger partial charge on any atom is 0.133 e. The highest BCUT2D eigenvalue weighted by Gasteiger charge is 2.63. The van der Waals surface area contributed by atoms with E-state index in [4.69, 9.17) is 0 Å². The minimum absolute atomic E-state index is 0.220. The third kappa shape index (κ3) is 2.04. The van der Waals surface area contributed by atoms with Gasteiger partial charge in [0.15, 0.2) is 0 Å². The van der Waals surface area contributed by atoms with E-state index in [1.54, 1.807) is 0 Å². The van der Waals surface area contributed by atoms with Gasteiger partial charge in [-0.05, 0) is 93.3 Å². The molecule has 0 saturated heterocycles. The minimum Gasteiger partial charge on any atom is -0.300 e. The van der Waals surface area contributed by atoms with Crippen LogP contribution in [0, 0.1) is 51.8 Å². The molecule has 4 rings (SSSR count). The fourth-order valence-corrected chi connectivity index (χ4v) is 7.79. The van der Waals surface area contributed by atoms with Gasteiger partial charge in [0.2, 0.25) is 0 Å². The molecule has 0 bridgehead atoms. The maximum atomic E-state index is 12.0. The summed E-state index contributed by atoms with van der Waals surface area (Å²) in [4.78, 5) is 12.0. The molecule has 0 aromatic rings. The van der Waals surface area contributed by atoms with Gasteiger partial charge in [-0.1, -0.05) is 19.8 Å². The highest BCUT2D eigenvalue weighted by molar-refractivity contribution is 5.79. The lowest BCUT2D eigenvalue weighted by Crippen LogP contribution is -2.54. The number of carbonyl (C=O) groups excluding carboxylic acids is 1. The molecule has 2 unspecified atom stereocenters. The molecular weight excluding hydrogens is 292 g/mol. The van der Waals surface area contributed by atoms with Crippen molar-refractivity contribution in [2.45, 2.75) is 85.5 Å². The smallest absolute Gasteiger partial charge is 0.133 e. The van der Waals surface area contributed by atoms with Crippen LogP contribution < -0.4 is 0 Å². The highest BCUT2D eigenvalue weighted by atomic mass is 16.1. The summed E-state index contributed by atoms with van der Waals surface area (Å²) in [7, 11) is 0. The van der Waals surface area contributed by atoms with Crippen LogP contribution in [0.5, 0.6) is 0 Å². The van der Waals surface area contributed by atoms with Gasteiger partial charge >= 0.3 is 0 Å². The van der Waals surface area contributed by atoms with Gasteiger partial charge in [0.1, 0.15) is 5.78 Å². The molecule has 0 N–H and O–H groups in total. The Hall–Kier alpha value is -0.770. The Balaban J connectivity index is 1.65. The molecule has 0 spiro atoms. The molecule has 0 amide bonds. The summed E-state index contributed by atoms with van der Waals surface area (Å²) >= 11 is 0. The summed E-state index contributed by atoms with van der Waals surface area (Å²) in [5, 5.41) is 0. The molecule has 1 nitrogen and oxygen atoms in total. The molecule has 132 valence electrons. The number of hydrogen-bond donors (Lipinski definition) is 0. The van der Waals surface area contributed by atoms with Crippen molar-refractivity contribution in [2.24, 2.45) is 39.9 Å². The van der Waals surface area contributed by atoms with E-state index in [1.165, 1.54) is 38.5 Å². The number of Topliss-reactive ketones (excluding diaryl/α,β-unsaturated/α-hetero) is 1. The van der Waals surface area contributed by atoms with Crippen molar-refractivity contribution >= 4 is 5.78 Å². The van der Waals surface area contributed by atoms with E-state index in [9.17, 15) is 4.79 Å². The first kappa shape index (κ1) is 16.7. The first-order valence-corrected chi connectivity index (χ1v) is 10.3. The summed E-state index contributed by atoms with van der Waals surface area (Å²) in [6.07, 6.45) is 10.9. The third-order valence-electron chi connectivity index (χ3n) is 9.49. The normalized spacial score (nSPS) is 53.4. The van der Waals surface area contributed by atoms with Crippen LogP contribution in [0.4, 0.5) is 0 Å². The van der Waals surface area contributed by atoms with Crippen LogP contribution in [-0.2, 0) is 4.79 Å². The van der Waals surface area contributed by atoms with E-state index in [0.717, 1.165) is 37.0 Å². The average Bonchev–Trinajstić information content (AvgIpc) is 2.80. The third-order valence-corrected chi connectivity index (χ3v) is 9.49. The highest BCUT2D eigenvalue weighted by Crippen LogP contribution is 2.70. The fourth-order valence-electron chi connectivity index (χ4n) is 7.79. The Morgan fingerprint density at radius 3 is 2.46 bits per heavy atom. The molecule has 1 heteroatoms. The molecule has 7 atom stereocenters. The molecule has 0 aromatic carbocycles. The monoisotopic (exact) mass is 326 g/mol. The zero-order valence-electron chi connectivity index (χ0n) is 16.1. The van der Waals surface area contributed by atoms with Gasteiger partial charge in [0.05, 0.1) is 0 Å². The van der Waals surface area contributed by atoms with E-state index in [1.807, 2.05) is 6.92 Å². The number of rotatable bonds is 0. The van der Waals surface area contributed by atoms with Crippen molar-refractivity contribution < 1.29 is 4.79 Å². The lowest BCUT2D eigenvalue weighted by Gasteiger charge is -2.61. The van der Waals surface area contributed by atoms with Crippen LogP contribution in [-0.4, -0.2) is 5.78 Å². The van der Waals surface area contributed by atoms with Crippen LogP contribution in [0.1, 0.15) is 85.5 Å². The summed E-state index contributed by atoms with van der Waals surface area (Å²) in [6.45, 7) is 9.56. The first-order valence-electron chi connectivity index (χ1n) is 10.3. The van der Waals surface area contributed by atoms with Crippen LogP contribution in [0.25, 0.3) is 0 Å². The van der Waals surface area contributed by atoms with Crippen molar-refractivity contribution in [1.29, 1.82) is 0 Å². The van der Waals surface area contributed by atoms with Crippen LogP contribution >= 0.6 is 0 Å². The predicted molar refractivity (Wildman–Crippen MR) is 98.3 cm³/mol. The Kier molecular flexibility index (Phi) is 3.73. The van der Waals surface area contributed by atoms with E-state index in [2.05, 4.69) is 32.6 Å². The first-order chi connectivity index (χ1) is 11.3. The molecule has 0 heterocycles. The number of hydrogen-bond acceptors (Lipinski definition) is 1. The summed E-state index contributed by atoms with van der Waals surface area (Å²) in [5.74, 6) is 10.7. The maximum absolute atomic E-state index is 12.0. The van der Waals surface area contributed by atoms with Gasteiger partial charge in [-0.2, -0.15) is 0 Å². The quantitative estimate of drug-likeness (QED) is 0.527. The van der Waals surface area contributed by atoms with Gasteiger partial charge in [-0.3, -0.25) is 4.79 Å². The molecule has 4 saturated carbocycles. The van der Waals surface area contributed by atoms with Gasteiger partial charge < -0.3 is 0 Å². The molecule has 4 aliphatic rings. The summed E-state index contributed by atoms with van der Waals surface area (Å²) in [6, 6.07) is 0. The van der Waals surface area contributed by atoms with Crippen LogP contribution in [0.2, 0.25) is 0 Å². The molecule has 24 heavy (non-hydrogen) atoms.